The normalized spacial score (nSPS) is 18.3. The Morgan fingerprint density at radius 2 is 1.10 bits per heavy atom. The number of ether oxygens (including phenoxy) is 4. The number of primary amides is 1. The molecule has 0 spiro atoms. The molecule has 0 saturated carbocycles. The maximum absolute atomic E-state index is 14.9. The minimum absolute atomic E-state index is 0.0629. The highest BCUT2D eigenvalue weighted by molar-refractivity contribution is 6.13. The van der Waals surface area contributed by atoms with Gasteiger partial charge in [-0.25, -0.2) is 4.79 Å². The summed E-state index contributed by atoms with van der Waals surface area (Å²) < 4.78 is 25.8. The number of anilines is 1. The van der Waals surface area contributed by atoms with Crippen molar-refractivity contribution in [1.82, 2.24) is 25.3 Å². The summed E-state index contributed by atoms with van der Waals surface area (Å²) in [5.74, 6) is 0.255. The highest BCUT2D eigenvalue weighted by Gasteiger charge is 2.36. The van der Waals surface area contributed by atoms with Gasteiger partial charge in [0.2, 0.25) is 5.91 Å². The Bertz CT molecular complexity index is 3640. The minimum Gasteiger partial charge on any atom is -0.490 e. The molecule has 6 heterocycles. The number of fused-ring (bicyclic) bond motifs is 8. The van der Waals surface area contributed by atoms with Crippen molar-refractivity contribution in [2.45, 2.75) is 199 Å². The van der Waals surface area contributed by atoms with Gasteiger partial charge in [-0.2, -0.15) is 0 Å². The quantitative estimate of drug-likeness (QED) is 0.0320. The molecule has 4 atom stereocenters. The van der Waals surface area contributed by atoms with Crippen molar-refractivity contribution in [3.63, 3.8) is 0 Å². The van der Waals surface area contributed by atoms with Gasteiger partial charge in [-0.1, -0.05) is 121 Å². The molecule has 5 N–H and O–H groups in total. The van der Waals surface area contributed by atoms with Crippen molar-refractivity contribution in [2.24, 2.45) is 27.6 Å². The monoisotopic (exact) mass is 1340 g/mol. The second kappa shape index (κ2) is 35.4. The summed E-state index contributed by atoms with van der Waals surface area (Å²) in [5.41, 5.74) is 13.1. The van der Waals surface area contributed by atoms with Crippen molar-refractivity contribution in [3.05, 3.63) is 125 Å². The van der Waals surface area contributed by atoms with Gasteiger partial charge in [0.15, 0.2) is 28.8 Å². The third-order valence-electron chi connectivity index (χ3n) is 19.4. The van der Waals surface area contributed by atoms with E-state index in [-0.39, 0.29) is 97.6 Å². The fourth-order valence-corrected chi connectivity index (χ4v) is 13.7. The summed E-state index contributed by atoms with van der Waals surface area (Å²) in [4.78, 5) is 119. The van der Waals surface area contributed by atoms with Gasteiger partial charge >= 0.3 is 6.03 Å². The van der Waals surface area contributed by atoms with E-state index in [0.29, 0.717) is 135 Å². The molecule has 4 aromatic carbocycles. The Morgan fingerprint density at radius 1 is 0.592 bits per heavy atom. The second-order valence-corrected chi connectivity index (χ2v) is 27.1. The van der Waals surface area contributed by atoms with Gasteiger partial charge in [-0.15, -0.1) is 0 Å². The van der Waals surface area contributed by atoms with E-state index in [4.69, 9.17) is 34.7 Å². The Morgan fingerprint density at radius 3 is 1.67 bits per heavy atom. The largest absolute Gasteiger partial charge is 0.490 e. The van der Waals surface area contributed by atoms with Gasteiger partial charge in [-0.05, 0) is 104 Å². The number of amides is 7. The van der Waals surface area contributed by atoms with Crippen molar-refractivity contribution in [3.8, 4) is 23.0 Å². The molecule has 10 rings (SSSR count). The molecule has 0 fully saturated rings. The average molecular weight is 1340 g/mol. The topological polar surface area (TPSA) is 270 Å². The molecule has 4 aromatic rings. The Labute approximate surface area is 575 Å². The smallest absolute Gasteiger partial charge is 0.312 e. The number of carbonyl (C=O) groups excluding carboxylic acids is 8. The minimum atomic E-state index is -0.702. The summed E-state index contributed by atoms with van der Waals surface area (Å²) in [6.07, 6.45) is 24.2. The Kier molecular flexibility index (Phi) is 25.9. The van der Waals surface area contributed by atoms with Crippen molar-refractivity contribution in [1.29, 1.82) is 0 Å². The molecule has 21 heteroatoms. The number of nitrogens with zero attached hydrogens (tertiary/aromatic N) is 5. The van der Waals surface area contributed by atoms with Crippen LogP contribution in [0.5, 0.6) is 23.0 Å². The van der Waals surface area contributed by atoms with E-state index in [1.54, 1.807) is 18.2 Å². The van der Waals surface area contributed by atoms with Crippen LogP contribution < -0.4 is 40.6 Å². The Hall–Kier alpha value is -9.14. The van der Waals surface area contributed by atoms with Crippen LogP contribution in [-0.4, -0.2) is 132 Å². The summed E-state index contributed by atoms with van der Waals surface area (Å²) in [7, 11) is 0. The van der Waals surface area contributed by atoms with Crippen LogP contribution in [0.25, 0.3) is 0 Å². The molecule has 6 aliphatic rings. The summed E-state index contributed by atoms with van der Waals surface area (Å²) >= 11 is 0. The number of nitrogens with one attached hydrogen (secondary N) is 3. The van der Waals surface area contributed by atoms with E-state index in [9.17, 15) is 38.4 Å². The van der Waals surface area contributed by atoms with Crippen LogP contribution in [0.15, 0.2) is 101 Å². The lowest BCUT2D eigenvalue weighted by Gasteiger charge is -2.34. The lowest BCUT2D eigenvalue weighted by atomic mass is 9.88. The van der Waals surface area contributed by atoms with Gasteiger partial charge in [0.05, 0.1) is 67.1 Å². The number of rotatable bonds is 27. The highest BCUT2D eigenvalue weighted by Crippen LogP contribution is 2.42. The summed E-state index contributed by atoms with van der Waals surface area (Å²) in [6.45, 7) is 11.0. The molecule has 0 saturated heterocycles. The first-order valence-electron chi connectivity index (χ1n) is 35.7. The number of unbranched alkanes of at least 4 members (excludes halogenated alkanes) is 8. The van der Waals surface area contributed by atoms with E-state index in [2.05, 4.69) is 40.7 Å². The zero-order chi connectivity index (χ0) is 68.9. The standard InChI is InChI=1S/C77H97N9O12/c1-51(2)74(83-71(89)27-16-12-8-6-4-5-7-11-15-26-61(87)32-34-84-72(90)30-31-73(84)91)66(88)42-53(25-21-33-79-77(78)94)52(3)82-58-29-28-55-41-60-48-81-65-46-70-68(44-63(65)76(93)86(60)50-57(55)39-58)96-36-20-14-10-9-13-19-35-95-67-43-62-64(45-69(67)97-37-22-38-98-70)80-47-59-40-54-23-17-18-24-56(54)49-85(59)75(62)92/h17-18,23-24,28-31,39,43-48,51,53,59-60,74,82H,3-16,19-22,25-27,32-38,40-42,49-50H2,1-2H3,(H,83,89)(H3,78,79,94)/t53-,59+,60+,74+/m1/s1. The van der Waals surface area contributed by atoms with Crippen LogP contribution >= 0.6 is 0 Å². The summed E-state index contributed by atoms with van der Waals surface area (Å²) in [5, 5.41) is 9.19. The summed E-state index contributed by atoms with van der Waals surface area (Å²) in [6, 6.07) is 19.7. The predicted octanol–water partition coefficient (Wildman–Crippen LogP) is 12.5. The van der Waals surface area contributed by atoms with Crippen molar-refractivity contribution in [2.75, 3.05) is 44.8 Å². The molecule has 0 aliphatic carbocycles. The number of carbonyl (C=O) groups is 8. The van der Waals surface area contributed by atoms with Crippen molar-refractivity contribution < 1.29 is 57.3 Å². The SMILES string of the molecule is C=C(Nc1ccc2c(c1)CN1C(=O)c3cc4c(cc3N=C[C@@H]1C2)OCCCOc1cc2c(cc1OCCCCCCCCO4)C(=O)N1Cc3ccccc3C[C@H]1C=N2)[C@H](CCCNC(N)=O)CC(=O)[C@@H](NC(=O)CCCCCCCCCCCC(=O)CCN1C(=O)C=CC1=O)C(C)C. The van der Waals surface area contributed by atoms with Gasteiger partial charge < -0.3 is 50.4 Å². The van der Waals surface area contributed by atoms with Crippen LogP contribution in [0.1, 0.15) is 198 Å². The molecule has 21 nitrogen and oxygen atoms in total. The number of allylic oxidation sites excluding steroid dienone is 1. The molecule has 522 valence electrons. The molecule has 7 amide bonds. The number of urea groups is 1. The van der Waals surface area contributed by atoms with E-state index in [1.165, 1.54) is 17.7 Å². The fourth-order valence-electron chi connectivity index (χ4n) is 13.7. The molecule has 6 aliphatic heterocycles. The first-order chi connectivity index (χ1) is 47.6. The van der Waals surface area contributed by atoms with E-state index in [1.807, 2.05) is 66.4 Å². The maximum Gasteiger partial charge on any atom is 0.312 e. The molecule has 0 radical (unpaired) electrons. The molecular formula is C77H97N9O12. The molecule has 98 heavy (non-hydrogen) atoms. The first-order valence-corrected chi connectivity index (χ1v) is 35.7. The van der Waals surface area contributed by atoms with Crippen LogP contribution in [0.4, 0.5) is 21.9 Å². The number of ketones is 2. The van der Waals surface area contributed by atoms with Gasteiger partial charge in [0.1, 0.15) is 5.78 Å². The number of Topliss-reactive ketones (excluding diaryl/α,β-unsaturated/α-hetero) is 2. The predicted molar refractivity (Wildman–Crippen MR) is 377 cm³/mol. The van der Waals surface area contributed by atoms with Gasteiger partial charge in [-0.3, -0.25) is 48.4 Å². The lowest BCUT2D eigenvalue weighted by Crippen LogP contribution is -2.45. The molecule has 0 bridgehead atoms. The molecular weight excluding hydrogens is 1240 g/mol. The fraction of sp³-hybridized carbons (Fsp3) is 0.506. The van der Waals surface area contributed by atoms with E-state index in [0.717, 1.165) is 117 Å². The third-order valence-corrected chi connectivity index (χ3v) is 19.4. The number of imide groups is 1. The van der Waals surface area contributed by atoms with Crippen LogP contribution in [0.3, 0.4) is 0 Å². The molecule has 0 aromatic heterocycles. The van der Waals surface area contributed by atoms with Gasteiger partial charge in [0, 0.05) is 112 Å². The highest BCUT2D eigenvalue weighted by atomic mass is 16.5. The molecule has 0 unspecified atom stereocenters. The van der Waals surface area contributed by atoms with Crippen LogP contribution in [-0.2, 0) is 49.9 Å². The number of hydrogen-bond acceptors (Lipinski definition) is 15. The lowest BCUT2D eigenvalue weighted by molar-refractivity contribution is -0.137. The van der Waals surface area contributed by atoms with Crippen LogP contribution in [0.2, 0.25) is 0 Å². The number of hydrogen-bond donors (Lipinski definition) is 4. The third kappa shape index (κ3) is 19.6. The zero-order valence-electron chi connectivity index (χ0n) is 57.1. The van der Waals surface area contributed by atoms with Gasteiger partial charge in [0.25, 0.3) is 23.6 Å². The van der Waals surface area contributed by atoms with E-state index >= 15 is 0 Å². The second-order valence-electron chi connectivity index (χ2n) is 27.1. The van der Waals surface area contributed by atoms with E-state index < -0.39 is 12.1 Å². The average Bonchev–Trinajstić information content (AvgIpc) is 1.56. The Balaban J connectivity index is 0.714. The maximum atomic E-state index is 14.9. The number of nitrogens with two attached hydrogens (primary N) is 1. The number of aliphatic imine (C=N–C) groups is 2. The zero-order valence-corrected chi connectivity index (χ0v) is 57.1. The first kappa shape index (κ1) is 71.6. The van der Waals surface area contributed by atoms with Crippen molar-refractivity contribution >= 4 is 76.6 Å². The van der Waals surface area contributed by atoms with Crippen LogP contribution in [0, 0.1) is 11.8 Å². The number of benzene rings is 4.